The fourth-order valence-electron chi connectivity index (χ4n) is 4.48. The molecule has 0 aliphatic carbocycles. The predicted molar refractivity (Wildman–Crippen MR) is 117 cm³/mol. The molecular weight excluding hydrogens is 404 g/mol. The zero-order chi connectivity index (χ0) is 20.9. The summed E-state index contributed by atoms with van der Waals surface area (Å²) in [5.41, 5.74) is 0. The molecule has 5 atom stereocenters. The fraction of sp³-hybridized carbons (Fsp3) is 0.789. The number of carbonyl (C=O) groups excluding carboxylic acids is 2. The molecule has 0 aromatic heterocycles. The van der Waals surface area contributed by atoms with Gasteiger partial charge in [0.15, 0.2) is 0 Å². The lowest BCUT2D eigenvalue weighted by Crippen LogP contribution is -2.68. The van der Waals surface area contributed by atoms with Gasteiger partial charge >= 0.3 is 0 Å². The van der Waals surface area contributed by atoms with Crippen molar-refractivity contribution in [3.8, 4) is 0 Å². The van der Waals surface area contributed by atoms with Gasteiger partial charge in [0, 0.05) is 44.9 Å². The summed E-state index contributed by atoms with van der Waals surface area (Å²) in [6.45, 7) is 6.33. The minimum atomic E-state index is -0.116. The lowest BCUT2D eigenvalue weighted by atomic mass is 9.94. The number of carbonyl (C=O) groups is 2. The molecule has 0 bridgehead atoms. The Balaban J connectivity index is 1.22. The van der Waals surface area contributed by atoms with Gasteiger partial charge in [-0.1, -0.05) is 6.92 Å². The van der Waals surface area contributed by atoms with Crippen molar-refractivity contribution in [3.63, 3.8) is 0 Å². The molecule has 168 valence electrons. The molecule has 2 amide bonds. The normalized spacial score (nSPS) is 34.1. The summed E-state index contributed by atoms with van der Waals surface area (Å²) in [4.78, 5) is 27.8. The van der Waals surface area contributed by atoms with Gasteiger partial charge in [-0.2, -0.15) is 0 Å². The van der Waals surface area contributed by atoms with Crippen LogP contribution in [0.3, 0.4) is 0 Å². The van der Waals surface area contributed by atoms with Crippen LogP contribution < -0.4 is 37.2 Å². The Kier molecular flexibility index (Phi) is 7.50. The van der Waals surface area contributed by atoms with Crippen LogP contribution in [0.15, 0.2) is 11.1 Å². The van der Waals surface area contributed by atoms with E-state index in [0.717, 1.165) is 49.9 Å². The van der Waals surface area contributed by atoms with E-state index in [1.165, 1.54) is 0 Å². The van der Waals surface area contributed by atoms with Crippen LogP contribution in [0.5, 0.6) is 0 Å². The van der Waals surface area contributed by atoms with Crippen LogP contribution in [-0.4, -0.2) is 86.4 Å². The standard InChI is InChI=1S/C19H34N8O2S/c1-12-2-3-20-13(8-12)18(28)21-4-5-22-19(29)14-9-27(6-7-30-14)17-15-16(24-10-23-15)25-11-26-17/h9,12-13,15-17,20,23-26H,2-8,10-11H2,1H3,(H,21,28)(H,22,29). The van der Waals surface area contributed by atoms with Crippen molar-refractivity contribution in [2.45, 2.75) is 44.2 Å². The number of amides is 2. The van der Waals surface area contributed by atoms with E-state index in [9.17, 15) is 9.59 Å². The molecule has 3 fully saturated rings. The first-order valence-electron chi connectivity index (χ1n) is 10.9. The Morgan fingerprint density at radius 2 is 1.93 bits per heavy atom. The van der Waals surface area contributed by atoms with Crippen molar-refractivity contribution in [1.29, 1.82) is 0 Å². The smallest absolute Gasteiger partial charge is 0.259 e. The third-order valence-corrected chi connectivity index (χ3v) is 7.14. The number of fused-ring (bicyclic) bond motifs is 1. The molecule has 0 aromatic carbocycles. The highest BCUT2D eigenvalue weighted by atomic mass is 32.2. The number of hydrogen-bond acceptors (Lipinski definition) is 9. The number of thioether (sulfide) groups is 1. The Bertz CT molecular complexity index is 662. The van der Waals surface area contributed by atoms with Crippen molar-refractivity contribution in [2.75, 3.05) is 45.3 Å². The largest absolute Gasteiger partial charge is 0.358 e. The van der Waals surface area contributed by atoms with Crippen molar-refractivity contribution in [2.24, 2.45) is 5.92 Å². The summed E-state index contributed by atoms with van der Waals surface area (Å²) in [5, 5.41) is 22.9. The van der Waals surface area contributed by atoms with Gasteiger partial charge in [0.1, 0.15) is 0 Å². The molecule has 4 aliphatic heterocycles. The summed E-state index contributed by atoms with van der Waals surface area (Å²) in [6.07, 6.45) is 4.33. The quantitative estimate of drug-likeness (QED) is 0.232. The SMILES string of the molecule is CC1CCNC(C(=O)NCCNC(=O)C2=CN(C3NCNC4NCNC43)CCS2)C1. The van der Waals surface area contributed by atoms with Crippen LogP contribution >= 0.6 is 11.8 Å². The fourth-order valence-corrected chi connectivity index (χ4v) is 5.42. The maximum atomic E-state index is 12.6. The first kappa shape index (κ1) is 21.8. The van der Waals surface area contributed by atoms with Gasteiger partial charge in [0.2, 0.25) is 5.91 Å². The summed E-state index contributed by atoms with van der Waals surface area (Å²) >= 11 is 1.58. The molecule has 0 radical (unpaired) electrons. The first-order chi connectivity index (χ1) is 14.6. The maximum Gasteiger partial charge on any atom is 0.259 e. The monoisotopic (exact) mass is 438 g/mol. The Morgan fingerprint density at radius 1 is 1.13 bits per heavy atom. The second-order valence-corrected chi connectivity index (χ2v) is 9.52. The van der Waals surface area contributed by atoms with Crippen molar-refractivity contribution in [1.82, 2.24) is 42.1 Å². The molecule has 3 saturated heterocycles. The summed E-state index contributed by atoms with van der Waals surface area (Å²) < 4.78 is 0. The summed E-state index contributed by atoms with van der Waals surface area (Å²) in [5.74, 6) is 1.39. The lowest BCUT2D eigenvalue weighted by molar-refractivity contribution is -0.124. The molecule has 0 saturated carbocycles. The highest BCUT2D eigenvalue weighted by Crippen LogP contribution is 2.24. The second-order valence-electron chi connectivity index (χ2n) is 8.38. The number of nitrogens with one attached hydrogen (secondary N) is 7. The van der Waals surface area contributed by atoms with Crippen LogP contribution in [0.2, 0.25) is 0 Å². The van der Waals surface area contributed by atoms with Gasteiger partial charge in [0.05, 0.1) is 29.3 Å². The average molecular weight is 439 g/mol. The molecule has 0 aromatic rings. The highest BCUT2D eigenvalue weighted by molar-refractivity contribution is 8.04. The molecular formula is C19H34N8O2S. The second kappa shape index (κ2) is 10.3. The molecule has 5 unspecified atom stereocenters. The van der Waals surface area contributed by atoms with E-state index < -0.39 is 0 Å². The Hall–Kier alpha value is -1.37. The highest BCUT2D eigenvalue weighted by Gasteiger charge is 2.39. The van der Waals surface area contributed by atoms with Crippen LogP contribution in [0.25, 0.3) is 0 Å². The molecule has 4 aliphatic rings. The van der Waals surface area contributed by atoms with E-state index in [0.29, 0.717) is 19.0 Å². The molecule has 4 heterocycles. The van der Waals surface area contributed by atoms with Crippen molar-refractivity contribution in [3.05, 3.63) is 11.1 Å². The topological polar surface area (TPSA) is 122 Å². The lowest BCUT2D eigenvalue weighted by Gasteiger charge is -2.42. The molecule has 11 heteroatoms. The van der Waals surface area contributed by atoms with Gasteiger partial charge < -0.3 is 20.9 Å². The number of hydrogen-bond donors (Lipinski definition) is 7. The number of nitrogens with zero attached hydrogens (tertiary/aromatic N) is 1. The van der Waals surface area contributed by atoms with E-state index in [4.69, 9.17) is 0 Å². The van der Waals surface area contributed by atoms with Crippen LogP contribution in [-0.2, 0) is 9.59 Å². The van der Waals surface area contributed by atoms with Crippen LogP contribution in [0.4, 0.5) is 0 Å². The average Bonchev–Trinajstić information content (AvgIpc) is 3.25. The molecule has 30 heavy (non-hydrogen) atoms. The minimum Gasteiger partial charge on any atom is -0.358 e. The third-order valence-electron chi connectivity index (χ3n) is 6.16. The van der Waals surface area contributed by atoms with Gasteiger partial charge in [-0.25, -0.2) is 0 Å². The van der Waals surface area contributed by atoms with Crippen LogP contribution in [0, 0.1) is 5.92 Å². The van der Waals surface area contributed by atoms with E-state index in [-0.39, 0.29) is 36.2 Å². The zero-order valence-electron chi connectivity index (χ0n) is 17.5. The molecule has 4 rings (SSSR count). The number of piperidine rings is 1. The van der Waals surface area contributed by atoms with Gasteiger partial charge in [-0.3, -0.25) is 30.9 Å². The van der Waals surface area contributed by atoms with E-state index in [1.54, 1.807) is 11.8 Å². The summed E-state index contributed by atoms with van der Waals surface area (Å²) in [6, 6.07) is 0.128. The molecule has 7 N–H and O–H groups in total. The summed E-state index contributed by atoms with van der Waals surface area (Å²) in [7, 11) is 0. The van der Waals surface area contributed by atoms with E-state index >= 15 is 0 Å². The Labute approximate surface area is 182 Å². The maximum absolute atomic E-state index is 12.6. The van der Waals surface area contributed by atoms with Gasteiger partial charge in [0.25, 0.3) is 5.91 Å². The van der Waals surface area contributed by atoms with Gasteiger partial charge in [-0.05, 0) is 25.3 Å². The van der Waals surface area contributed by atoms with Crippen molar-refractivity contribution >= 4 is 23.6 Å². The third kappa shape index (κ3) is 5.27. The molecule has 0 spiro atoms. The predicted octanol–water partition coefficient (Wildman–Crippen LogP) is -2.18. The van der Waals surface area contributed by atoms with Crippen LogP contribution in [0.1, 0.15) is 19.8 Å². The Morgan fingerprint density at radius 3 is 2.77 bits per heavy atom. The first-order valence-corrected chi connectivity index (χ1v) is 11.9. The number of rotatable bonds is 6. The minimum absolute atomic E-state index is 0.0254. The molecule has 10 nitrogen and oxygen atoms in total. The van der Waals surface area contributed by atoms with E-state index in [1.807, 2.05) is 6.20 Å². The van der Waals surface area contributed by atoms with Gasteiger partial charge in [-0.15, -0.1) is 11.8 Å². The van der Waals surface area contributed by atoms with Crippen molar-refractivity contribution < 1.29 is 9.59 Å². The zero-order valence-corrected chi connectivity index (χ0v) is 18.3. The van der Waals surface area contributed by atoms with E-state index in [2.05, 4.69) is 49.0 Å².